The summed E-state index contributed by atoms with van der Waals surface area (Å²) in [6, 6.07) is 17.2. The van der Waals surface area contributed by atoms with Gasteiger partial charge in [0.1, 0.15) is 4.60 Å². The molecule has 0 spiro atoms. The molecule has 24 heavy (non-hydrogen) atoms. The second-order valence-corrected chi connectivity index (χ2v) is 5.58. The fourth-order valence-corrected chi connectivity index (χ4v) is 2.09. The summed E-state index contributed by atoms with van der Waals surface area (Å²) in [7, 11) is 0.662. The number of nitrogens with two attached hydrogens (primary N) is 1. The normalized spacial score (nSPS) is 9.62. The van der Waals surface area contributed by atoms with Crippen LogP contribution in [0.25, 0.3) is 11.3 Å². The van der Waals surface area contributed by atoms with Crippen molar-refractivity contribution in [2.45, 2.75) is 6.92 Å². The molecule has 5 nitrogen and oxygen atoms in total. The number of halogens is 1. The molecule has 0 fully saturated rings. The largest absolute Gasteiger partial charge is 0.569 e. The van der Waals surface area contributed by atoms with Crippen molar-refractivity contribution in [2.24, 2.45) is 0 Å². The Morgan fingerprint density at radius 3 is 2.33 bits per heavy atom. The minimum Gasteiger partial charge on any atom is -0.537 e. The Morgan fingerprint density at radius 1 is 1.08 bits per heavy atom. The standard InChI is InChI=1S/C11H10BrN3.C6H6BO2/c1-7-2-4-8(5-3-7)9-6-14-11(13)10(12)15-9;8-7-9-6-4-2-1-3-5-6/h2-6H,1H3,(H2,13,14);1-5,8H. The van der Waals surface area contributed by atoms with E-state index in [9.17, 15) is 0 Å². The lowest BCUT2D eigenvalue weighted by Gasteiger charge is -2.02. The van der Waals surface area contributed by atoms with Crippen LogP contribution in [0.2, 0.25) is 0 Å². The molecule has 0 unspecified atom stereocenters. The van der Waals surface area contributed by atoms with E-state index in [0.717, 1.165) is 11.3 Å². The highest BCUT2D eigenvalue weighted by atomic mass is 79.9. The molecule has 2 aromatic carbocycles. The van der Waals surface area contributed by atoms with Crippen molar-refractivity contribution in [1.82, 2.24) is 9.97 Å². The van der Waals surface area contributed by atoms with Gasteiger partial charge < -0.3 is 15.4 Å². The van der Waals surface area contributed by atoms with Crippen molar-refractivity contribution in [3.8, 4) is 17.0 Å². The topological polar surface area (TPSA) is 81.3 Å². The summed E-state index contributed by atoms with van der Waals surface area (Å²) in [5, 5.41) is 8.17. The van der Waals surface area contributed by atoms with E-state index in [2.05, 4.69) is 30.6 Å². The number of hydrogen-bond acceptors (Lipinski definition) is 5. The van der Waals surface area contributed by atoms with Crippen LogP contribution in [0.4, 0.5) is 5.82 Å². The molecule has 121 valence electrons. The van der Waals surface area contributed by atoms with Gasteiger partial charge in [0.15, 0.2) is 5.82 Å². The van der Waals surface area contributed by atoms with Crippen LogP contribution in [-0.4, -0.2) is 22.7 Å². The first-order valence-electron chi connectivity index (χ1n) is 7.13. The van der Waals surface area contributed by atoms with E-state index in [4.69, 9.17) is 10.8 Å². The van der Waals surface area contributed by atoms with Crippen LogP contribution < -0.4 is 10.4 Å². The van der Waals surface area contributed by atoms with Gasteiger partial charge in [-0.2, -0.15) is 0 Å². The molecule has 3 aromatic rings. The second kappa shape index (κ2) is 9.05. The molecular weight excluding hydrogens is 369 g/mol. The van der Waals surface area contributed by atoms with E-state index in [1.807, 2.05) is 49.4 Å². The first-order chi connectivity index (χ1) is 11.6. The Morgan fingerprint density at radius 2 is 1.75 bits per heavy atom. The molecule has 7 heteroatoms. The molecule has 3 rings (SSSR count). The number of nitrogens with zero attached hydrogens (tertiary/aromatic N) is 2. The van der Waals surface area contributed by atoms with Gasteiger partial charge in [-0.15, -0.1) is 0 Å². The van der Waals surface area contributed by atoms with Gasteiger partial charge in [-0.05, 0) is 35.0 Å². The fourth-order valence-electron chi connectivity index (χ4n) is 1.80. The highest BCUT2D eigenvalue weighted by Crippen LogP contribution is 2.21. The molecule has 0 atom stereocenters. The number of rotatable bonds is 3. The Bertz CT molecular complexity index is 771. The highest BCUT2D eigenvalue weighted by molar-refractivity contribution is 9.10. The molecule has 0 aliphatic rings. The van der Waals surface area contributed by atoms with Crippen LogP contribution in [0, 0.1) is 6.92 Å². The molecule has 0 aliphatic heterocycles. The van der Waals surface area contributed by atoms with Crippen LogP contribution in [0.1, 0.15) is 5.56 Å². The lowest BCUT2D eigenvalue weighted by molar-refractivity contribution is 0.454. The molecule has 0 amide bonds. The minimum absolute atomic E-state index is 0.408. The molecule has 3 N–H and O–H groups in total. The van der Waals surface area contributed by atoms with Crippen LogP contribution >= 0.6 is 15.9 Å². The average Bonchev–Trinajstić information content (AvgIpc) is 2.60. The zero-order chi connectivity index (χ0) is 17.4. The van der Waals surface area contributed by atoms with E-state index < -0.39 is 0 Å². The van der Waals surface area contributed by atoms with Crippen molar-refractivity contribution < 1.29 is 9.68 Å². The third-order valence-electron chi connectivity index (χ3n) is 3.04. The van der Waals surface area contributed by atoms with Crippen LogP contribution in [-0.2, 0) is 0 Å². The Balaban J connectivity index is 0.000000198. The molecule has 0 saturated carbocycles. The molecule has 1 aromatic heterocycles. The maximum absolute atomic E-state index is 8.17. The van der Waals surface area contributed by atoms with Gasteiger partial charge in [-0.25, -0.2) is 9.97 Å². The SMILES string of the molecule is Cc1ccc(-c2cnc(N)c(Br)n2)cc1.O[B]Oc1ccccc1. The van der Waals surface area contributed by atoms with Gasteiger partial charge >= 0.3 is 7.69 Å². The van der Waals surface area contributed by atoms with Crippen molar-refractivity contribution >= 4 is 29.4 Å². The Labute approximate surface area is 150 Å². The summed E-state index contributed by atoms with van der Waals surface area (Å²) in [4.78, 5) is 8.35. The fraction of sp³-hybridized carbons (Fsp3) is 0.0588. The molecule has 1 radical (unpaired) electrons. The van der Waals surface area contributed by atoms with Crippen molar-refractivity contribution in [2.75, 3.05) is 5.73 Å². The number of para-hydroxylation sites is 1. The van der Waals surface area contributed by atoms with E-state index in [-0.39, 0.29) is 0 Å². The maximum Gasteiger partial charge on any atom is 0.569 e. The quantitative estimate of drug-likeness (QED) is 0.676. The molecular formula is C17H16BBrN3O2. The number of aryl methyl sites for hydroxylation is 1. The van der Waals surface area contributed by atoms with E-state index in [1.165, 1.54) is 5.56 Å². The van der Waals surface area contributed by atoms with Crippen molar-refractivity contribution in [1.29, 1.82) is 0 Å². The number of nitrogen functional groups attached to an aromatic ring is 1. The Kier molecular flexibility index (Phi) is 6.78. The summed E-state index contributed by atoms with van der Waals surface area (Å²) in [5.74, 6) is 1.05. The lowest BCUT2D eigenvalue weighted by Crippen LogP contribution is -1.98. The van der Waals surface area contributed by atoms with Gasteiger partial charge in [0, 0.05) is 5.56 Å². The number of anilines is 1. The van der Waals surface area contributed by atoms with Gasteiger partial charge in [-0.1, -0.05) is 48.0 Å². The predicted octanol–water partition coefficient (Wildman–Crippen LogP) is 3.39. The zero-order valence-corrected chi connectivity index (χ0v) is 14.6. The second-order valence-electron chi connectivity index (χ2n) is 4.83. The first-order valence-corrected chi connectivity index (χ1v) is 7.92. The summed E-state index contributed by atoms with van der Waals surface area (Å²) < 4.78 is 5.22. The summed E-state index contributed by atoms with van der Waals surface area (Å²) in [5.41, 5.74) is 8.65. The molecule has 0 aliphatic carbocycles. The van der Waals surface area contributed by atoms with E-state index >= 15 is 0 Å². The molecule has 1 heterocycles. The van der Waals surface area contributed by atoms with Gasteiger partial charge in [0.05, 0.1) is 17.6 Å². The van der Waals surface area contributed by atoms with Gasteiger partial charge in [0.2, 0.25) is 0 Å². The van der Waals surface area contributed by atoms with Crippen LogP contribution in [0.15, 0.2) is 65.4 Å². The Hall–Kier alpha value is -2.38. The number of hydrogen-bond donors (Lipinski definition) is 2. The monoisotopic (exact) mass is 384 g/mol. The van der Waals surface area contributed by atoms with E-state index in [1.54, 1.807) is 18.3 Å². The van der Waals surface area contributed by atoms with Gasteiger partial charge in [0.25, 0.3) is 0 Å². The highest BCUT2D eigenvalue weighted by Gasteiger charge is 2.03. The summed E-state index contributed by atoms with van der Waals surface area (Å²) in [6.45, 7) is 2.05. The zero-order valence-electron chi connectivity index (χ0n) is 13.1. The molecule has 0 bridgehead atoms. The lowest BCUT2D eigenvalue weighted by atomic mass is 10.1. The minimum atomic E-state index is 0.408. The third kappa shape index (κ3) is 5.36. The third-order valence-corrected chi connectivity index (χ3v) is 3.62. The van der Waals surface area contributed by atoms with Crippen LogP contribution in [0.3, 0.4) is 0 Å². The van der Waals surface area contributed by atoms with Gasteiger partial charge in [-0.3, -0.25) is 0 Å². The van der Waals surface area contributed by atoms with Crippen LogP contribution in [0.5, 0.6) is 5.75 Å². The smallest absolute Gasteiger partial charge is 0.537 e. The van der Waals surface area contributed by atoms with Crippen molar-refractivity contribution in [3.63, 3.8) is 0 Å². The summed E-state index contributed by atoms with van der Waals surface area (Å²) in [6.07, 6.45) is 1.67. The number of aromatic nitrogens is 2. The predicted molar refractivity (Wildman–Crippen MR) is 99.4 cm³/mol. The first kappa shape index (κ1) is 18.0. The van der Waals surface area contributed by atoms with E-state index in [0.29, 0.717) is 23.9 Å². The number of benzene rings is 2. The molecule has 0 saturated heterocycles. The average molecular weight is 385 g/mol. The maximum atomic E-state index is 8.17. The van der Waals surface area contributed by atoms with Crippen molar-refractivity contribution in [3.05, 3.63) is 71.0 Å². The summed E-state index contributed by atoms with van der Waals surface area (Å²) >= 11 is 3.26.